The van der Waals surface area contributed by atoms with Gasteiger partial charge in [0.15, 0.2) is 0 Å². The zero-order valence-electron chi connectivity index (χ0n) is 11.7. The molecule has 1 atom stereocenters. The first-order valence-electron chi connectivity index (χ1n) is 7.04. The minimum absolute atomic E-state index is 0.00468. The average molecular weight is 315 g/mol. The smallest absolute Gasteiger partial charge is 0.236 e. The topological polar surface area (TPSA) is 32.3 Å². The summed E-state index contributed by atoms with van der Waals surface area (Å²) in [5.74, 6) is 0.162. The lowest BCUT2D eigenvalue weighted by atomic mass is 10.1. The highest BCUT2D eigenvalue weighted by Gasteiger charge is 2.18. The van der Waals surface area contributed by atoms with Gasteiger partial charge < -0.3 is 10.2 Å². The van der Waals surface area contributed by atoms with Gasteiger partial charge in [0.2, 0.25) is 5.91 Å². The van der Waals surface area contributed by atoms with E-state index in [4.69, 9.17) is 23.2 Å². The van der Waals surface area contributed by atoms with Crippen molar-refractivity contribution in [3.05, 3.63) is 33.8 Å². The molecule has 110 valence electrons. The molecular weight excluding hydrogens is 295 g/mol. The molecule has 1 aliphatic rings. The van der Waals surface area contributed by atoms with Crippen molar-refractivity contribution in [2.45, 2.75) is 32.2 Å². The van der Waals surface area contributed by atoms with Crippen molar-refractivity contribution in [3.8, 4) is 0 Å². The fourth-order valence-electron chi connectivity index (χ4n) is 2.46. The summed E-state index contributed by atoms with van der Waals surface area (Å²) in [6.07, 6.45) is 3.45. The average Bonchev–Trinajstić information content (AvgIpc) is 2.48. The molecule has 20 heavy (non-hydrogen) atoms. The number of hydrogen-bond acceptors (Lipinski definition) is 2. The number of halogens is 2. The van der Waals surface area contributed by atoms with E-state index in [1.165, 1.54) is 6.42 Å². The first-order chi connectivity index (χ1) is 9.59. The minimum atomic E-state index is -0.00468. The summed E-state index contributed by atoms with van der Waals surface area (Å²) in [5.41, 5.74) is 0.922. The van der Waals surface area contributed by atoms with Crippen LogP contribution < -0.4 is 5.32 Å². The molecule has 0 spiro atoms. The van der Waals surface area contributed by atoms with Gasteiger partial charge in [0, 0.05) is 19.1 Å². The number of hydrogen-bond donors (Lipinski definition) is 1. The Kier molecular flexibility index (Phi) is 5.70. The van der Waals surface area contributed by atoms with Crippen molar-refractivity contribution < 1.29 is 4.79 Å². The van der Waals surface area contributed by atoms with Crippen LogP contribution in [0.4, 0.5) is 0 Å². The summed E-state index contributed by atoms with van der Waals surface area (Å²) in [6, 6.07) is 5.56. The number of nitrogens with zero attached hydrogens (tertiary/aromatic N) is 1. The van der Waals surface area contributed by atoms with Gasteiger partial charge in [0.05, 0.1) is 16.6 Å². The highest BCUT2D eigenvalue weighted by atomic mass is 35.5. The fraction of sp³-hybridized carbons (Fsp3) is 0.533. The molecule has 1 aromatic rings. The first-order valence-corrected chi connectivity index (χ1v) is 7.80. The lowest BCUT2D eigenvalue weighted by Gasteiger charge is -2.27. The Morgan fingerprint density at radius 3 is 2.70 bits per heavy atom. The molecule has 3 nitrogen and oxygen atoms in total. The number of nitrogens with one attached hydrogen (secondary N) is 1. The monoisotopic (exact) mass is 314 g/mol. The number of likely N-dealkylation sites (tertiary alicyclic amines) is 1. The van der Waals surface area contributed by atoms with Crippen molar-refractivity contribution in [3.63, 3.8) is 0 Å². The predicted molar refractivity (Wildman–Crippen MR) is 83.3 cm³/mol. The number of benzene rings is 1. The van der Waals surface area contributed by atoms with Crippen LogP contribution >= 0.6 is 23.2 Å². The van der Waals surface area contributed by atoms with E-state index in [0.29, 0.717) is 16.6 Å². The third kappa shape index (κ3) is 3.87. The molecule has 0 aliphatic carbocycles. The zero-order valence-corrected chi connectivity index (χ0v) is 13.2. The second kappa shape index (κ2) is 7.30. The molecule has 1 aliphatic heterocycles. The second-order valence-electron chi connectivity index (χ2n) is 5.19. The lowest BCUT2D eigenvalue weighted by molar-refractivity contribution is -0.131. The number of carbonyl (C=O) groups excluding carboxylic acids is 1. The summed E-state index contributed by atoms with van der Waals surface area (Å²) >= 11 is 12.2. The van der Waals surface area contributed by atoms with Crippen molar-refractivity contribution in [1.29, 1.82) is 0 Å². The van der Waals surface area contributed by atoms with Crippen molar-refractivity contribution >= 4 is 29.1 Å². The van der Waals surface area contributed by atoms with Crippen molar-refractivity contribution in [2.75, 3.05) is 19.6 Å². The van der Waals surface area contributed by atoms with Gasteiger partial charge in [-0.2, -0.15) is 0 Å². The maximum absolute atomic E-state index is 12.1. The van der Waals surface area contributed by atoms with E-state index in [0.717, 1.165) is 31.5 Å². The molecule has 1 N–H and O–H groups in total. The Balaban J connectivity index is 1.89. The molecule has 0 aromatic heterocycles. The van der Waals surface area contributed by atoms with Crippen LogP contribution in [0.1, 0.15) is 37.8 Å². The van der Waals surface area contributed by atoms with Crippen molar-refractivity contribution in [1.82, 2.24) is 10.2 Å². The standard InChI is InChI=1S/C15H20Cl2N2O/c1-11(12-6-5-7-13(16)15(12)17)18-10-14(20)19-8-3-2-4-9-19/h5-7,11,18H,2-4,8-10H2,1H3. The molecule has 5 heteroatoms. The molecule has 1 amide bonds. The molecule has 1 heterocycles. The van der Waals surface area contributed by atoms with Gasteiger partial charge in [-0.1, -0.05) is 35.3 Å². The van der Waals surface area contributed by atoms with Crippen LogP contribution in [0.3, 0.4) is 0 Å². The minimum Gasteiger partial charge on any atom is -0.342 e. The molecule has 1 fully saturated rings. The van der Waals surface area contributed by atoms with E-state index in [1.807, 2.05) is 24.0 Å². The van der Waals surface area contributed by atoms with Crippen LogP contribution in [-0.4, -0.2) is 30.4 Å². The summed E-state index contributed by atoms with van der Waals surface area (Å²) in [7, 11) is 0. The molecule has 0 bridgehead atoms. The van der Waals surface area contributed by atoms with E-state index >= 15 is 0 Å². The van der Waals surface area contributed by atoms with Gasteiger partial charge in [-0.05, 0) is 37.8 Å². The first kappa shape index (κ1) is 15.6. The predicted octanol–water partition coefficient (Wildman–Crippen LogP) is 3.66. The third-order valence-corrected chi connectivity index (χ3v) is 4.55. The third-order valence-electron chi connectivity index (χ3n) is 3.72. The molecule has 1 aromatic carbocycles. The highest BCUT2D eigenvalue weighted by molar-refractivity contribution is 6.42. The van der Waals surface area contributed by atoms with Crippen LogP contribution in [0.5, 0.6) is 0 Å². The normalized spacial score (nSPS) is 17.1. The molecule has 1 unspecified atom stereocenters. The Hall–Kier alpha value is -0.770. The van der Waals surface area contributed by atoms with E-state index in [2.05, 4.69) is 5.32 Å². The number of carbonyl (C=O) groups is 1. The van der Waals surface area contributed by atoms with Crippen molar-refractivity contribution in [2.24, 2.45) is 0 Å². The van der Waals surface area contributed by atoms with Crippen LogP contribution in [0, 0.1) is 0 Å². The second-order valence-corrected chi connectivity index (χ2v) is 5.97. The molecule has 2 rings (SSSR count). The van der Waals surface area contributed by atoms with E-state index in [9.17, 15) is 4.79 Å². The summed E-state index contributed by atoms with van der Waals surface area (Å²) in [6.45, 7) is 4.09. The molecule has 0 radical (unpaired) electrons. The Bertz CT molecular complexity index is 473. The van der Waals surface area contributed by atoms with Crippen LogP contribution in [-0.2, 0) is 4.79 Å². The van der Waals surface area contributed by atoms with Crippen LogP contribution in [0.15, 0.2) is 18.2 Å². The quantitative estimate of drug-likeness (QED) is 0.920. The van der Waals surface area contributed by atoms with Gasteiger partial charge in [0.25, 0.3) is 0 Å². The number of amides is 1. The van der Waals surface area contributed by atoms with E-state index in [1.54, 1.807) is 6.07 Å². The van der Waals surface area contributed by atoms with E-state index < -0.39 is 0 Å². The number of piperidine rings is 1. The van der Waals surface area contributed by atoms with Gasteiger partial charge in [-0.25, -0.2) is 0 Å². The SMILES string of the molecule is CC(NCC(=O)N1CCCCC1)c1cccc(Cl)c1Cl. The highest BCUT2D eigenvalue weighted by Crippen LogP contribution is 2.29. The van der Waals surface area contributed by atoms with E-state index in [-0.39, 0.29) is 11.9 Å². The summed E-state index contributed by atoms with van der Waals surface area (Å²) < 4.78 is 0. The lowest BCUT2D eigenvalue weighted by Crippen LogP contribution is -2.41. The maximum atomic E-state index is 12.1. The maximum Gasteiger partial charge on any atom is 0.236 e. The molecule has 1 saturated heterocycles. The Morgan fingerprint density at radius 2 is 2.00 bits per heavy atom. The van der Waals surface area contributed by atoms with Crippen LogP contribution in [0.25, 0.3) is 0 Å². The fourth-order valence-corrected chi connectivity index (χ4v) is 2.93. The van der Waals surface area contributed by atoms with Gasteiger partial charge >= 0.3 is 0 Å². The summed E-state index contributed by atoms with van der Waals surface area (Å²) in [5, 5.41) is 4.33. The zero-order chi connectivity index (χ0) is 14.5. The van der Waals surface area contributed by atoms with Gasteiger partial charge in [0.1, 0.15) is 0 Å². The number of rotatable bonds is 4. The molecule has 0 saturated carbocycles. The van der Waals surface area contributed by atoms with Crippen LogP contribution in [0.2, 0.25) is 10.0 Å². The summed E-state index contributed by atoms with van der Waals surface area (Å²) in [4.78, 5) is 14.0. The molecular formula is C15H20Cl2N2O. The van der Waals surface area contributed by atoms with Gasteiger partial charge in [-0.15, -0.1) is 0 Å². The Labute approximate surface area is 130 Å². The largest absolute Gasteiger partial charge is 0.342 e. The van der Waals surface area contributed by atoms with Gasteiger partial charge in [-0.3, -0.25) is 4.79 Å². The Morgan fingerprint density at radius 1 is 1.30 bits per heavy atom.